The summed E-state index contributed by atoms with van der Waals surface area (Å²) in [5.74, 6) is 1.84. The Bertz CT molecular complexity index is 574. The highest BCUT2D eigenvalue weighted by Gasteiger charge is 2.10. The number of nitrogens with one attached hydrogen (secondary N) is 1. The molecule has 7 heteroatoms. The van der Waals surface area contributed by atoms with E-state index < -0.39 is 0 Å². The lowest BCUT2D eigenvalue weighted by atomic mass is 10.2. The van der Waals surface area contributed by atoms with Crippen LogP contribution in [0.1, 0.15) is 17.3 Å². The topological polar surface area (TPSA) is 69.4 Å². The van der Waals surface area contributed by atoms with Gasteiger partial charge < -0.3 is 19.3 Å². The molecule has 0 aliphatic rings. The zero-order valence-electron chi connectivity index (χ0n) is 12.1. The molecule has 0 radical (unpaired) electrons. The molecule has 0 fully saturated rings. The van der Waals surface area contributed by atoms with E-state index in [1.807, 2.05) is 18.2 Å². The van der Waals surface area contributed by atoms with Crippen LogP contribution in [-0.4, -0.2) is 30.4 Å². The highest BCUT2D eigenvalue weighted by Crippen LogP contribution is 2.29. The van der Waals surface area contributed by atoms with Gasteiger partial charge in [0.1, 0.15) is 5.75 Å². The smallest absolute Gasteiger partial charge is 0.264 e. The van der Waals surface area contributed by atoms with Gasteiger partial charge in [0.05, 0.1) is 11.1 Å². The molecule has 2 rings (SSSR count). The van der Waals surface area contributed by atoms with E-state index in [-0.39, 0.29) is 6.61 Å². The highest BCUT2D eigenvalue weighted by atomic mass is 79.9. The number of rotatable bonds is 8. The number of methoxy groups -OCH3 is 1. The van der Waals surface area contributed by atoms with Crippen molar-refractivity contribution in [1.29, 1.82) is 0 Å². The predicted molar refractivity (Wildman–Crippen MR) is 81.1 cm³/mol. The molecule has 1 aromatic carbocycles. The van der Waals surface area contributed by atoms with Gasteiger partial charge in [0.15, 0.2) is 12.4 Å². The Morgan fingerprint density at radius 1 is 1.38 bits per heavy atom. The fraction of sp³-hybridized carbons (Fsp3) is 0.429. The van der Waals surface area contributed by atoms with Crippen LogP contribution in [0.2, 0.25) is 0 Å². The first-order chi connectivity index (χ1) is 10.2. The van der Waals surface area contributed by atoms with Crippen molar-refractivity contribution in [3.63, 3.8) is 0 Å². The fourth-order valence-corrected chi connectivity index (χ4v) is 2.31. The van der Waals surface area contributed by atoms with Gasteiger partial charge in [-0.2, -0.15) is 4.98 Å². The first-order valence-corrected chi connectivity index (χ1v) is 7.39. The number of benzene rings is 1. The van der Waals surface area contributed by atoms with Gasteiger partial charge >= 0.3 is 0 Å². The van der Waals surface area contributed by atoms with Crippen LogP contribution in [0.15, 0.2) is 27.2 Å². The Hall–Kier alpha value is -1.44. The van der Waals surface area contributed by atoms with Gasteiger partial charge in [-0.05, 0) is 28.9 Å². The van der Waals surface area contributed by atoms with Gasteiger partial charge in [0, 0.05) is 25.8 Å². The minimum atomic E-state index is 0.245. The number of hydrogen-bond acceptors (Lipinski definition) is 6. The quantitative estimate of drug-likeness (QED) is 0.733. The molecule has 0 aliphatic heterocycles. The van der Waals surface area contributed by atoms with Gasteiger partial charge in [0.25, 0.3) is 5.89 Å². The third-order valence-electron chi connectivity index (χ3n) is 2.76. The summed E-state index contributed by atoms with van der Waals surface area (Å²) in [4.78, 5) is 4.12. The Labute approximate surface area is 132 Å². The normalized spacial score (nSPS) is 10.8. The van der Waals surface area contributed by atoms with Crippen molar-refractivity contribution in [2.24, 2.45) is 0 Å². The van der Waals surface area contributed by atoms with Gasteiger partial charge in [-0.15, -0.1) is 0 Å². The summed E-state index contributed by atoms with van der Waals surface area (Å²) in [5, 5.41) is 7.04. The van der Waals surface area contributed by atoms with Crippen LogP contribution >= 0.6 is 15.9 Å². The molecule has 0 saturated heterocycles. The Kier molecular flexibility index (Phi) is 6.16. The minimum absolute atomic E-state index is 0.245. The second-order valence-corrected chi connectivity index (χ2v) is 5.28. The maximum Gasteiger partial charge on any atom is 0.264 e. The summed E-state index contributed by atoms with van der Waals surface area (Å²) in [7, 11) is 1.68. The highest BCUT2D eigenvalue weighted by molar-refractivity contribution is 9.10. The SMILES string of the molecule is COCCNCc1cccc(Br)c1OCc1nc(C)no1. The monoisotopic (exact) mass is 355 g/mol. The molecule has 1 heterocycles. The van der Waals surface area contributed by atoms with E-state index in [4.69, 9.17) is 14.0 Å². The average Bonchev–Trinajstić information content (AvgIpc) is 2.88. The Balaban J connectivity index is 1.99. The summed E-state index contributed by atoms with van der Waals surface area (Å²) in [6.45, 7) is 4.17. The molecule has 0 atom stereocenters. The molecule has 2 aromatic rings. The van der Waals surface area contributed by atoms with Crippen LogP contribution in [0, 0.1) is 6.92 Å². The van der Waals surface area contributed by atoms with Crippen LogP contribution in [0.3, 0.4) is 0 Å². The number of aryl methyl sites for hydroxylation is 1. The van der Waals surface area contributed by atoms with Crippen molar-refractivity contribution in [1.82, 2.24) is 15.5 Å². The number of para-hydroxylation sites is 1. The van der Waals surface area contributed by atoms with Gasteiger partial charge in [-0.25, -0.2) is 0 Å². The van der Waals surface area contributed by atoms with Crippen molar-refractivity contribution in [2.75, 3.05) is 20.3 Å². The van der Waals surface area contributed by atoms with E-state index in [0.717, 1.165) is 22.3 Å². The standard InChI is InChI=1S/C14H18BrN3O3/c1-10-17-13(21-18-10)9-20-14-11(4-3-5-12(14)15)8-16-6-7-19-2/h3-5,16H,6-9H2,1-2H3. The molecule has 114 valence electrons. The molecule has 0 bridgehead atoms. The summed E-state index contributed by atoms with van der Waals surface area (Å²) >= 11 is 3.50. The summed E-state index contributed by atoms with van der Waals surface area (Å²) in [6.07, 6.45) is 0. The van der Waals surface area contributed by atoms with Gasteiger partial charge in [-0.1, -0.05) is 17.3 Å². The lowest BCUT2D eigenvalue weighted by Gasteiger charge is -2.12. The van der Waals surface area contributed by atoms with Crippen LogP contribution in [-0.2, 0) is 17.9 Å². The van der Waals surface area contributed by atoms with E-state index in [2.05, 4.69) is 31.4 Å². The van der Waals surface area contributed by atoms with E-state index in [9.17, 15) is 0 Å². The van der Waals surface area contributed by atoms with E-state index in [1.54, 1.807) is 14.0 Å². The molecule has 0 amide bonds. The molecule has 0 aliphatic carbocycles. The van der Waals surface area contributed by atoms with Crippen molar-refractivity contribution >= 4 is 15.9 Å². The largest absolute Gasteiger partial charge is 0.482 e. The first kappa shape index (κ1) is 15.9. The minimum Gasteiger partial charge on any atom is -0.482 e. The molecular weight excluding hydrogens is 338 g/mol. The van der Waals surface area contributed by atoms with Gasteiger partial charge in [-0.3, -0.25) is 0 Å². The summed E-state index contributed by atoms with van der Waals surface area (Å²) in [6, 6.07) is 5.92. The molecule has 0 spiro atoms. The lowest BCUT2D eigenvalue weighted by Crippen LogP contribution is -2.19. The molecule has 6 nitrogen and oxygen atoms in total. The average molecular weight is 356 g/mol. The zero-order chi connectivity index (χ0) is 15.1. The van der Waals surface area contributed by atoms with Crippen molar-refractivity contribution in [3.8, 4) is 5.75 Å². The van der Waals surface area contributed by atoms with Crippen molar-refractivity contribution in [3.05, 3.63) is 40.0 Å². The van der Waals surface area contributed by atoms with Crippen LogP contribution in [0.4, 0.5) is 0 Å². The Morgan fingerprint density at radius 3 is 2.95 bits per heavy atom. The van der Waals surface area contributed by atoms with E-state index in [1.165, 1.54) is 0 Å². The molecule has 21 heavy (non-hydrogen) atoms. The molecule has 0 saturated carbocycles. The molecule has 0 unspecified atom stereocenters. The second-order valence-electron chi connectivity index (χ2n) is 4.42. The van der Waals surface area contributed by atoms with E-state index in [0.29, 0.717) is 24.9 Å². The van der Waals surface area contributed by atoms with Crippen molar-refractivity contribution in [2.45, 2.75) is 20.1 Å². The third-order valence-corrected chi connectivity index (χ3v) is 3.38. The lowest BCUT2D eigenvalue weighted by molar-refractivity contribution is 0.198. The predicted octanol–water partition coefficient (Wildman–Crippen LogP) is 2.46. The number of halogens is 1. The third kappa shape index (κ3) is 4.80. The number of aromatic nitrogens is 2. The molecule has 1 aromatic heterocycles. The second kappa shape index (κ2) is 8.11. The maximum absolute atomic E-state index is 5.81. The van der Waals surface area contributed by atoms with E-state index >= 15 is 0 Å². The maximum atomic E-state index is 5.81. The fourth-order valence-electron chi connectivity index (χ4n) is 1.78. The van der Waals surface area contributed by atoms with Crippen LogP contribution in [0.25, 0.3) is 0 Å². The summed E-state index contributed by atoms with van der Waals surface area (Å²) < 4.78 is 16.8. The van der Waals surface area contributed by atoms with Gasteiger partial charge in [0.2, 0.25) is 0 Å². The zero-order valence-corrected chi connectivity index (χ0v) is 13.6. The van der Waals surface area contributed by atoms with Crippen LogP contribution in [0.5, 0.6) is 5.75 Å². The summed E-state index contributed by atoms with van der Waals surface area (Å²) in [5.41, 5.74) is 1.05. The number of nitrogens with zero attached hydrogens (tertiary/aromatic N) is 2. The molecule has 1 N–H and O–H groups in total. The molecular formula is C14H18BrN3O3. The Morgan fingerprint density at radius 2 is 2.24 bits per heavy atom. The van der Waals surface area contributed by atoms with Crippen LogP contribution < -0.4 is 10.1 Å². The number of hydrogen-bond donors (Lipinski definition) is 1. The first-order valence-electron chi connectivity index (χ1n) is 6.59. The number of ether oxygens (including phenoxy) is 2. The van der Waals surface area contributed by atoms with Crippen molar-refractivity contribution < 1.29 is 14.0 Å².